The fourth-order valence-electron chi connectivity index (χ4n) is 1.26. The van der Waals surface area contributed by atoms with Crippen LogP contribution in [-0.4, -0.2) is 4.98 Å². The molecule has 13 heavy (non-hydrogen) atoms. The Labute approximate surface area is 77.4 Å². The number of aryl methyl sites for hydroxylation is 1. The maximum Gasteiger partial charge on any atom is 0.441 e. The molecule has 1 aromatic rings. The molecule has 0 radical (unpaired) electrons. The number of anilines is 1. The molecular formula is C9H16N3O+. The third-order valence-corrected chi connectivity index (χ3v) is 1.93. The van der Waals surface area contributed by atoms with E-state index in [2.05, 4.69) is 4.98 Å². The summed E-state index contributed by atoms with van der Waals surface area (Å²) in [6.07, 6.45) is 1.62. The zero-order chi connectivity index (χ0) is 10.2. The Morgan fingerprint density at radius 2 is 2.00 bits per heavy atom. The lowest BCUT2D eigenvalue weighted by molar-refractivity contribution is -0.756. The minimum atomic E-state index is -0.288. The number of aromatic amines is 1. The normalized spacial score (nSPS) is 11.7. The molecule has 3 N–H and O–H groups in total. The topological polar surface area (TPSA) is 62.8 Å². The van der Waals surface area contributed by atoms with Gasteiger partial charge in [0, 0.05) is 0 Å². The highest BCUT2D eigenvalue weighted by Gasteiger charge is 2.24. The second-order valence-corrected chi connectivity index (χ2v) is 4.17. The first kappa shape index (κ1) is 9.77. The molecule has 0 fully saturated rings. The third kappa shape index (κ3) is 1.71. The van der Waals surface area contributed by atoms with Crippen molar-refractivity contribution in [3.05, 3.63) is 22.2 Å². The quantitative estimate of drug-likeness (QED) is 0.567. The number of hydrogen-bond donors (Lipinski definition) is 2. The van der Waals surface area contributed by atoms with Crippen molar-refractivity contribution in [2.75, 3.05) is 5.73 Å². The second-order valence-electron chi connectivity index (χ2n) is 4.17. The lowest BCUT2D eigenvalue weighted by Gasteiger charge is -2.18. The number of nitrogens with one attached hydrogen (secondary N) is 1. The van der Waals surface area contributed by atoms with Gasteiger partial charge in [0.2, 0.25) is 5.82 Å². The third-order valence-electron chi connectivity index (χ3n) is 1.93. The highest BCUT2D eigenvalue weighted by Crippen LogP contribution is 2.07. The molecule has 0 aliphatic heterocycles. The predicted octanol–water partition coefficient (Wildman–Crippen LogP) is 0.308. The van der Waals surface area contributed by atoms with Gasteiger partial charge in [0.05, 0.1) is 17.3 Å². The van der Waals surface area contributed by atoms with Crippen LogP contribution in [0.15, 0.2) is 11.0 Å². The van der Waals surface area contributed by atoms with Gasteiger partial charge in [-0.15, -0.1) is 0 Å². The molecule has 4 nitrogen and oxygen atoms in total. The van der Waals surface area contributed by atoms with Crippen LogP contribution in [0.2, 0.25) is 0 Å². The number of nitrogens with two attached hydrogens (primary N) is 1. The highest BCUT2D eigenvalue weighted by molar-refractivity contribution is 5.29. The Morgan fingerprint density at radius 3 is 2.38 bits per heavy atom. The summed E-state index contributed by atoms with van der Waals surface area (Å²) in [6.45, 7) is 7.70. The van der Waals surface area contributed by atoms with Crippen LogP contribution in [0, 0.1) is 6.92 Å². The van der Waals surface area contributed by atoms with Crippen molar-refractivity contribution in [1.29, 1.82) is 0 Å². The summed E-state index contributed by atoms with van der Waals surface area (Å²) >= 11 is 0. The lowest BCUT2D eigenvalue weighted by atomic mass is 10.1. The molecule has 0 spiro atoms. The molecule has 0 bridgehead atoms. The van der Waals surface area contributed by atoms with Gasteiger partial charge < -0.3 is 5.73 Å². The van der Waals surface area contributed by atoms with Crippen LogP contribution in [0.4, 0.5) is 5.82 Å². The van der Waals surface area contributed by atoms with Crippen molar-refractivity contribution in [2.45, 2.75) is 33.2 Å². The summed E-state index contributed by atoms with van der Waals surface area (Å²) in [7, 11) is 0. The van der Waals surface area contributed by atoms with E-state index in [1.54, 1.807) is 10.8 Å². The molecule has 1 rings (SSSR count). The number of hydrogen-bond acceptors (Lipinski definition) is 2. The summed E-state index contributed by atoms with van der Waals surface area (Å²) in [4.78, 5) is 14.1. The Bertz CT molecular complexity index is 373. The number of nitrogen functional groups attached to an aromatic ring is 1. The molecule has 0 aliphatic rings. The van der Waals surface area contributed by atoms with Crippen molar-refractivity contribution < 1.29 is 4.57 Å². The minimum Gasteiger partial charge on any atom is -0.318 e. The van der Waals surface area contributed by atoms with E-state index in [0.29, 0.717) is 5.82 Å². The molecule has 0 aliphatic carbocycles. The van der Waals surface area contributed by atoms with Gasteiger partial charge >= 0.3 is 5.69 Å². The van der Waals surface area contributed by atoms with E-state index < -0.39 is 0 Å². The van der Waals surface area contributed by atoms with E-state index in [9.17, 15) is 4.79 Å². The summed E-state index contributed by atoms with van der Waals surface area (Å²) in [6, 6.07) is 0. The zero-order valence-electron chi connectivity index (χ0n) is 8.51. The number of aromatic nitrogens is 2. The van der Waals surface area contributed by atoms with E-state index in [4.69, 9.17) is 5.73 Å². The van der Waals surface area contributed by atoms with Crippen molar-refractivity contribution in [3.63, 3.8) is 0 Å². The molecule has 0 atom stereocenters. The molecular weight excluding hydrogens is 166 g/mol. The van der Waals surface area contributed by atoms with Crippen LogP contribution in [-0.2, 0) is 5.54 Å². The van der Waals surface area contributed by atoms with E-state index in [1.165, 1.54) is 0 Å². The fraction of sp³-hybridized carbons (Fsp3) is 0.556. The maximum atomic E-state index is 11.5. The fourth-order valence-corrected chi connectivity index (χ4v) is 1.26. The average molecular weight is 182 g/mol. The highest BCUT2D eigenvalue weighted by atomic mass is 16.1. The standard InChI is InChI=1S/C9H15N3O/c1-6-5-11-8(13)12(7(6)10)9(2,3)4/h5H,1-4H3,(H2,10,11,13)/p+1. The molecule has 0 amide bonds. The first-order valence-corrected chi connectivity index (χ1v) is 4.24. The Morgan fingerprint density at radius 1 is 1.46 bits per heavy atom. The Kier molecular flexibility index (Phi) is 2.15. The van der Waals surface area contributed by atoms with Gasteiger partial charge in [-0.3, -0.25) is 0 Å². The van der Waals surface area contributed by atoms with E-state index >= 15 is 0 Å². The molecule has 0 saturated heterocycles. The largest absolute Gasteiger partial charge is 0.441 e. The monoisotopic (exact) mass is 182 g/mol. The van der Waals surface area contributed by atoms with Crippen molar-refractivity contribution in [2.24, 2.45) is 0 Å². The van der Waals surface area contributed by atoms with Gasteiger partial charge in [-0.25, -0.2) is 9.78 Å². The predicted molar refractivity (Wildman–Crippen MR) is 51.4 cm³/mol. The second kappa shape index (κ2) is 2.87. The molecule has 1 heterocycles. The van der Waals surface area contributed by atoms with Crippen LogP contribution in [0.5, 0.6) is 0 Å². The van der Waals surface area contributed by atoms with Gasteiger partial charge in [0.25, 0.3) is 0 Å². The number of rotatable bonds is 0. The maximum absolute atomic E-state index is 11.5. The molecule has 72 valence electrons. The smallest absolute Gasteiger partial charge is 0.318 e. The molecule has 0 saturated carbocycles. The van der Waals surface area contributed by atoms with Crippen molar-refractivity contribution in [3.8, 4) is 0 Å². The molecule has 0 unspecified atom stereocenters. The van der Waals surface area contributed by atoms with E-state index in [1.807, 2.05) is 27.7 Å². The van der Waals surface area contributed by atoms with Crippen LogP contribution >= 0.6 is 0 Å². The van der Waals surface area contributed by atoms with Gasteiger partial charge in [-0.2, -0.15) is 4.57 Å². The van der Waals surface area contributed by atoms with Crippen LogP contribution < -0.4 is 16.0 Å². The molecule has 1 aromatic heterocycles. The molecule has 0 aromatic carbocycles. The van der Waals surface area contributed by atoms with E-state index in [-0.39, 0.29) is 11.2 Å². The van der Waals surface area contributed by atoms with Crippen LogP contribution in [0.3, 0.4) is 0 Å². The average Bonchev–Trinajstić information content (AvgIpc) is 1.95. The van der Waals surface area contributed by atoms with E-state index in [0.717, 1.165) is 5.56 Å². The summed E-state index contributed by atoms with van der Waals surface area (Å²) in [5, 5.41) is 0. The van der Waals surface area contributed by atoms with Gasteiger partial charge in [0.15, 0.2) is 0 Å². The molecule has 4 heteroatoms. The van der Waals surface area contributed by atoms with Crippen LogP contribution in [0.25, 0.3) is 0 Å². The summed E-state index contributed by atoms with van der Waals surface area (Å²) < 4.78 is 1.56. The SMILES string of the molecule is Cc1c[nH]c(=O)[n+](C(C)(C)C)c1N. The number of nitrogens with zero attached hydrogens (tertiary/aromatic N) is 1. The number of H-pyrrole nitrogens is 1. The van der Waals surface area contributed by atoms with Crippen LogP contribution in [0.1, 0.15) is 26.3 Å². The first-order chi connectivity index (χ1) is 5.84. The first-order valence-electron chi connectivity index (χ1n) is 4.24. The van der Waals surface area contributed by atoms with Gasteiger partial charge in [-0.05, 0) is 27.7 Å². The summed E-state index contributed by atoms with van der Waals surface area (Å²) in [5.74, 6) is 0.524. The lowest BCUT2D eigenvalue weighted by Crippen LogP contribution is -2.63. The zero-order valence-corrected chi connectivity index (χ0v) is 8.51. The summed E-state index contributed by atoms with van der Waals surface area (Å²) in [5.41, 5.74) is 6.24. The Balaban J connectivity index is 3.53. The minimum absolute atomic E-state index is 0.171. The van der Waals surface area contributed by atoms with Gasteiger partial charge in [0.1, 0.15) is 0 Å². The van der Waals surface area contributed by atoms with Gasteiger partial charge in [-0.1, -0.05) is 0 Å². The van der Waals surface area contributed by atoms with Crippen molar-refractivity contribution in [1.82, 2.24) is 4.98 Å². The van der Waals surface area contributed by atoms with Crippen molar-refractivity contribution >= 4 is 5.82 Å². The Hall–Kier alpha value is -1.32.